The summed E-state index contributed by atoms with van der Waals surface area (Å²) in [7, 11) is -1.80. The zero-order valence-corrected chi connectivity index (χ0v) is 23.2. The first-order chi connectivity index (χ1) is 17.9. The normalized spacial score (nSPS) is 12.5. The SMILES string of the molecule is CC(C)(c1ccc(Cl)c(S(N)=O)c1)c1cnc(SCc2c(F)cc(C(=O)O)cc2Cl)n1-c1ccc(F)cc1. The molecule has 0 radical (unpaired) electrons. The molecule has 3 aromatic carbocycles. The van der Waals surface area contributed by atoms with E-state index < -0.39 is 34.0 Å². The van der Waals surface area contributed by atoms with Gasteiger partial charge in [0, 0.05) is 27.4 Å². The Bertz CT molecular complexity index is 1540. The smallest absolute Gasteiger partial charge is 0.335 e. The van der Waals surface area contributed by atoms with Gasteiger partial charge in [0.05, 0.1) is 27.4 Å². The van der Waals surface area contributed by atoms with Crippen molar-refractivity contribution in [3.63, 3.8) is 0 Å². The number of nitrogens with zero attached hydrogens (tertiary/aromatic N) is 2. The molecule has 0 saturated carbocycles. The summed E-state index contributed by atoms with van der Waals surface area (Å²) in [5, 5.41) is 15.5. The van der Waals surface area contributed by atoms with Crippen molar-refractivity contribution in [1.29, 1.82) is 0 Å². The Morgan fingerprint density at radius 1 is 1.11 bits per heavy atom. The molecule has 0 saturated heterocycles. The second kappa shape index (κ2) is 11.2. The van der Waals surface area contributed by atoms with Crippen molar-refractivity contribution < 1.29 is 22.9 Å². The fraction of sp³-hybridized carbons (Fsp3) is 0.154. The number of hydrogen-bond donors (Lipinski definition) is 2. The highest BCUT2D eigenvalue weighted by atomic mass is 35.5. The fourth-order valence-electron chi connectivity index (χ4n) is 3.91. The van der Waals surface area contributed by atoms with Crippen molar-refractivity contribution in [2.45, 2.75) is 35.1 Å². The molecule has 4 rings (SSSR count). The lowest BCUT2D eigenvalue weighted by atomic mass is 9.81. The van der Waals surface area contributed by atoms with Crippen molar-refractivity contribution in [1.82, 2.24) is 9.55 Å². The number of carboxylic acids is 1. The lowest BCUT2D eigenvalue weighted by Gasteiger charge is -2.28. The lowest BCUT2D eigenvalue weighted by molar-refractivity contribution is 0.0696. The van der Waals surface area contributed by atoms with Gasteiger partial charge < -0.3 is 5.11 Å². The van der Waals surface area contributed by atoms with E-state index in [4.69, 9.17) is 33.4 Å². The van der Waals surface area contributed by atoms with E-state index >= 15 is 0 Å². The summed E-state index contributed by atoms with van der Waals surface area (Å²) in [4.78, 5) is 16.1. The van der Waals surface area contributed by atoms with Crippen molar-refractivity contribution in [3.8, 4) is 5.69 Å². The Labute approximate surface area is 234 Å². The molecule has 1 unspecified atom stereocenters. The molecule has 0 aliphatic heterocycles. The Morgan fingerprint density at radius 3 is 2.39 bits per heavy atom. The zero-order chi connectivity index (χ0) is 27.8. The second-order valence-corrected chi connectivity index (χ2v) is 11.6. The van der Waals surface area contributed by atoms with E-state index in [2.05, 4.69) is 4.98 Å². The number of carboxylic acid groups (broad SMARTS) is 1. The minimum absolute atomic E-state index is 0.0150. The van der Waals surface area contributed by atoms with Crippen molar-refractivity contribution in [3.05, 3.63) is 105 Å². The number of thioether (sulfide) groups is 1. The zero-order valence-electron chi connectivity index (χ0n) is 20.0. The first kappa shape index (κ1) is 28.3. The molecule has 0 fully saturated rings. The van der Waals surface area contributed by atoms with Gasteiger partial charge in [0.25, 0.3) is 0 Å². The highest BCUT2D eigenvalue weighted by Gasteiger charge is 2.30. The quantitative estimate of drug-likeness (QED) is 0.219. The molecule has 198 valence electrons. The summed E-state index contributed by atoms with van der Waals surface area (Å²) >= 11 is 13.6. The average Bonchev–Trinajstić information content (AvgIpc) is 3.28. The van der Waals surface area contributed by atoms with E-state index in [9.17, 15) is 17.8 Å². The summed E-state index contributed by atoms with van der Waals surface area (Å²) in [6.07, 6.45) is 1.66. The van der Waals surface area contributed by atoms with Gasteiger partial charge in [-0.1, -0.05) is 54.9 Å². The van der Waals surface area contributed by atoms with E-state index in [-0.39, 0.29) is 31.8 Å². The minimum Gasteiger partial charge on any atom is -0.478 e. The van der Waals surface area contributed by atoms with Crippen molar-refractivity contribution in [2.24, 2.45) is 5.14 Å². The Kier molecular flexibility index (Phi) is 8.29. The first-order valence-corrected chi connectivity index (χ1v) is 14.0. The number of rotatable bonds is 8. The average molecular weight is 597 g/mol. The largest absolute Gasteiger partial charge is 0.478 e. The molecule has 1 heterocycles. The molecular weight excluding hydrogens is 575 g/mol. The molecular formula is C26H21Cl2F2N3O3S2. The van der Waals surface area contributed by atoms with Gasteiger partial charge >= 0.3 is 5.97 Å². The number of nitrogens with two attached hydrogens (primary N) is 1. The maximum atomic E-state index is 14.7. The van der Waals surface area contributed by atoms with Gasteiger partial charge in [-0.15, -0.1) is 0 Å². The van der Waals surface area contributed by atoms with Crippen LogP contribution in [0.4, 0.5) is 8.78 Å². The molecule has 12 heteroatoms. The van der Waals surface area contributed by atoms with Crippen LogP contribution in [0.2, 0.25) is 10.0 Å². The number of aromatic carboxylic acids is 1. The molecule has 3 N–H and O–H groups in total. The van der Waals surface area contributed by atoms with E-state index in [1.807, 2.05) is 18.4 Å². The molecule has 1 atom stereocenters. The van der Waals surface area contributed by atoms with E-state index in [1.165, 1.54) is 30.0 Å². The van der Waals surface area contributed by atoms with Gasteiger partial charge in [0.1, 0.15) is 22.6 Å². The predicted molar refractivity (Wildman–Crippen MR) is 146 cm³/mol. The van der Waals surface area contributed by atoms with E-state index in [0.717, 1.165) is 11.6 Å². The standard InChI is InChI=1S/C26H21Cl2F2N3O3S2/c1-26(2,15-3-8-19(27)22(11-15)38(31)36)23-12-32-25(33(23)17-6-4-16(29)5-7-17)37-13-18-20(28)9-14(24(34)35)10-21(18)30/h3-12H,13,31H2,1-2H3,(H,34,35). The van der Waals surface area contributed by atoms with Crippen LogP contribution in [-0.2, 0) is 22.2 Å². The van der Waals surface area contributed by atoms with E-state index in [0.29, 0.717) is 16.5 Å². The van der Waals surface area contributed by atoms with Crippen LogP contribution in [0.25, 0.3) is 5.69 Å². The van der Waals surface area contributed by atoms with Gasteiger partial charge in [-0.05, 0) is 54.1 Å². The lowest BCUT2D eigenvalue weighted by Crippen LogP contribution is -2.23. The first-order valence-electron chi connectivity index (χ1n) is 11.0. The van der Waals surface area contributed by atoms with Gasteiger partial charge in [0.15, 0.2) is 5.16 Å². The number of hydrogen-bond acceptors (Lipinski definition) is 4. The summed E-state index contributed by atoms with van der Waals surface area (Å²) in [5.74, 6) is -2.39. The van der Waals surface area contributed by atoms with Crippen molar-refractivity contribution in [2.75, 3.05) is 0 Å². The summed E-state index contributed by atoms with van der Waals surface area (Å²) in [5.41, 5.74) is 1.23. The maximum Gasteiger partial charge on any atom is 0.335 e. The number of halogens is 4. The van der Waals surface area contributed by atoms with E-state index in [1.54, 1.807) is 36.5 Å². The molecule has 0 aliphatic rings. The molecule has 0 spiro atoms. The fourth-order valence-corrected chi connectivity index (χ4v) is 6.14. The maximum absolute atomic E-state index is 14.7. The van der Waals surface area contributed by atoms with Gasteiger partial charge in [-0.25, -0.2) is 27.9 Å². The highest BCUT2D eigenvalue weighted by Crippen LogP contribution is 2.39. The molecule has 4 aromatic rings. The molecule has 0 aliphatic carbocycles. The molecule has 0 amide bonds. The van der Waals surface area contributed by atoms with Crippen LogP contribution >= 0.6 is 35.0 Å². The van der Waals surface area contributed by atoms with Gasteiger partial charge in [-0.2, -0.15) is 0 Å². The Morgan fingerprint density at radius 2 is 1.79 bits per heavy atom. The summed E-state index contributed by atoms with van der Waals surface area (Å²) in [6, 6.07) is 13.0. The second-order valence-electron chi connectivity index (χ2n) is 8.82. The molecule has 6 nitrogen and oxygen atoms in total. The van der Waals surface area contributed by atoms with Crippen LogP contribution in [0.15, 0.2) is 70.8 Å². The third-order valence-electron chi connectivity index (χ3n) is 6.06. The van der Waals surface area contributed by atoms with Gasteiger partial charge in [0.2, 0.25) is 0 Å². The summed E-state index contributed by atoms with van der Waals surface area (Å²) < 4.78 is 42.3. The number of benzene rings is 3. The predicted octanol–water partition coefficient (Wildman–Crippen LogP) is 6.76. The molecule has 38 heavy (non-hydrogen) atoms. The Hall–Kier alpha value is -2.76. The number of aromatic nitrogens is 2. The van der Waals surface area contributed by atoms with Gasteiger partial charge in [-0.3, -0.25) is 4.57 Å². The van der Waals surface area contributed by atoms with Crippen LogP contribution in [0, 0.1) is 11.6 Å². The third kappa shape index (κ3) is 5.64. The monoisotopic (exact) mass is 595 g/mol. The molecule has 1 aromatic heterocycles. The minimum atomic E-state index is -1.80. The third-order valence-corrected chi connectivity index (χ3v) is 8.59. The van der Waals surface area contributed by atoms with Crippen LogP contribution in [0.3, 0.4) is 0 Å². The van der Waals surface area contributed by atoms with Crippen molar-refractivity contribution >= 4 is 51.9 Å². The molecule has 0 bridgehead atoms. The topological polar surface area (TPSA) is 98.2 Å². The van der Waals surface area contributed by atoms with Crippen LogP contribution in [-0.4, -0.2) is 24.8 Å². The van der Waals surface area contributed by atoms with Crippen LogP contribution in [0.5, 0.6) is 0 Å². The van der Waals surface area contributed by atoms with Crippen LogP contribution in [0.1, 0.15) is 41.0 Å². The summed E-state index contributed by atoms with van der Waals surface area (Å²) in [6.45, 7) is 3.87. The highest BCUT2D eigenvalue weighted by molar-refractivity contribution is 7.98. The number of imidazole rings is 1. The van der Waals surface area contributed by atoms with Crippen LogP contribution < -0.4 is 5.14 Å². The number of carbonyl (C=O) groups is 1. The Balaban J connectivity index is 1.79.